The van der Waals surface area contributed by atoms with E-state index in [1.807, 2.05) is 54.6 Å². The fourth-order valence-electron chi connectivity index (χ4n) is 7.15. The Bertz CT molecular complexity index is 1670. The first-order chi connectivity index (χ1) is 21.1. The molecule has 0 radical (unpaired) electrons. The second-order valence-electron chi connectivity index (χ2n) is 12.2. The Morgan fingerprint density at radius 2 is 1.65 bits per heavy atom. The summed E-state index contributed by atoms with van der Waals surface area (Å²) in [6.45, 7) is 5.59. The van der Waals surface area contributed by atoms with E-state index in [1.54, 1.807) is 0 Å². The number of benzene rings is 3. The molecule has 3 aliphatic rings. The first kappa shape index (κ1) is 27.5. The van der Waals surface area contributed by atoms with E-state index in [1.165, 1.54) is 25.0 Å². The van der Waals surface area contributed by atoms with E-state index in [0.29, 0.717) is 17.0 Å². The van der Waals surface area contributed by atoms with Crippen LogP contribution in [0.15, 0.2) is 72.8 Å². The van der Waals surface area contributed by atoms with Gasteiger partial charge in [-0.25, -0.2) is 9.37 Å². The number of hydrogen-bond donors (Lipinski definition) is 0. The largest absolute Gasteiger partial charge is 0.356 e. The van der Waals surface area contributed by atoms with Crippen molar-refractivity contribution < 1.29 is 9.18 Å². The zero-order chi connectivity index (χ0) is 29.3. The number of hydrogen-bond acceptors (Lipinski definition) is 5. The van der Waals surface area contributed by atoms with Crippen LogP contribution in [0.5, 0.6) is 0 Å². The topological polar surface area (TPSA) is 63.5 Å². The number of aromatic nitrogens is 1. The molecular weight excluding hydrogens is 537 g/mol. The maximum Gasteiger partial charge on any atom is 0.254 e. The summed E-state index contributed by atoms with van der Waals surface area (Å²) < 4.78 is 13.6. The van der Waals surface area contributed by atoms with Gasteiger partial charge in [-0.3, -0.25) is 4.79 Å². The van der Waals surface area contributed by atoms with Gasteiger partial charge < -0.3 is 14.7 Å². The smallest absolute Gasteiger partial charge is 0.254 e. The highest BCUT2D eigenvalue weighted by molar-refractivity contribution is 6.08. The predicted molar refractivity (Wildman–Crippen MR) is 168 cm³/mol. The van der Waals surface area contributed by atoms with Crippen LogP contribution in [-0.4, -0.2) is 66.0 Å². The highest BCUT2D eigenvalue weighted by atomic mass is 19.1. The summed E-state index contributed by atoms with van der Waals surface area (Å²) in [5, 5.41) is 10.1. The van der Waals surface area contributed by atoms with Crippen molar-refractivity contribution in [2.45, 2.75) is 44.1 Å². The molecule has 0 spiro atoms. The number of amides is 1. The molecule has 3 aliphatic heterocycles. The van der Waals surface area contributed by atoms with E-state index < -0.39 is 0 Å². The molecule has 1 aromatic heterocycles. The van der Waals surface area contributed by atoms with Crippen LogP contribution in [-0.2, 0) is 0 Å². The van der Waals surface area contributed by atoms with Gasteiger partial charge in [-0.2, -0.15) is 5.26 Å². The van der Waals surface area contributed by atoms with Gasteiger partial charge in [0.1, 0.15) is 11.6 Å². The molecule has 4 aromatic rings. The first-order valence-electron chi connectivity index (χ1n) is 15.5. The summed E-state index contributed by atoms with van der Waals surface area (Å²) in [5.74, 6) is 0.978. The monoisotopic (exact) mass is 573 g/mol. The zero-order valence-electron chi connectivity index (χ0n) is 24.4. The van der Waals surface area contributed by atoms with Crippen molar-refractivity contribution >= 4 is 22.6 Å². The Kier molecular flexibility index (Phi) is 7.54. The van der Waals surface area contributed by atoms with Gasteiger partial charge in [0.25, 0.3) is 5.91 Å². The minimum Gasteiger partial charge on any atom is -0.356 e. The second-order valence-corrected chi connectivity index (χ2v) is 12.2. The summed E-state index contributed by atoms with van der Waals surface area (Å²) in [6.07, 6.45) is 5.51. The molecule has 0 saturated carbocycles. The molecule has 43 heavy (non-hydrogen) atoms. The number of rotatable bonds is 6. The van der Waals surface area contributed by atoms with Crippen LogP contribution in [0, 0.1) is 17.1 Å². The molecule has 1 amide bonds. The molecule has 7 rings (SSSR count). The molecule has 2 atom stereocenters. The van der Waals surface area contributed by atoms with Gasteiger partial charge >= 0.3 is 0 Å². The third-order valence-electron chi connectivity index (χ3n) is 9.53. The predicted octanol–water partition coefficient (Wildman–Crippen LogP) is 6.61. The van der Waals surface area contributed by atoms with E-state index in [-0.39, 0.29) is 17.8 Å². The lowest BCUT2D eigenvalue weighted by Gasteiger charge is -2.29. The molecule has 7 heteroatoms. The highest BCUT2D eigenvalue weighted by Gasteiger charge is 2.33. The van der Waals surface area contributed by atoms with Crippen LogP contribution in [0.3, 0.4) is 0 Å². The lowest BCUT2D eigenvalue weighted by Crippen LogP contribution is -2.42. The van der Waals surface area contributed by atoms with Crippen LogP contribution in [0.25, 0.3) is 22.0 Å². The number of carbonyl (C=O) groups is 1. The minimum atomic E-state index is -0.219. The zero-order valence-corrected chi connectivity index (χ0v) is 24.4. The van der Waals surface area contributed by atoms with Gasteiger partial charge in [0.05, 0.1) is 22.7 Å². The Balaban J connectivity index is 1.25. The van der Waals surface area contributed by atoms with Crippen molar-refractivity contribution in [1.29, 1.82) is 5.26 Å². The SMILES string of the molecule is N#Cc1ccc(-c2ccc3nc(N4CCC(c5ccc(F)cc5)C4)cc(C(=O)N4CCC[C@H]4CN4CCCC4)c3c2)cc1. The molecule has 0 N–H and O–H groups in total. The Morgan fingerprint density at radius 3 is 2.42 bits per heavy atom. The van der Waals surface area contributed by atoms with E-state index in [4.69, 9.17) is 4.98 Å². The van der Waals surface area contributed by atoms with Gasteiger partial charge in [-0.05, 0) is 104 Å². The van der Waals surface area contributed by atoms with E-state index in [2.05, 4.69) is 26.8 Å². The number of nitriles is 1. The lowest BCUT2D eigenvalue weighted by molar-refractivity contribution is 0.0710. The number of halogens is 1. The van der Waals surface area contributed by atoms with Gasteiger partial charge in [0, 0.05) is 43.5 Å². The second kappa shape index (κ2) is 11.8. The summed E-state index contributed by atoms with van der Waals surface area (Å²) in [6, 6.07) is 24.9. The van der Waals surface area contributed by atoms with Crippen LogP contribution < -0.4 is 4.90 Å². The minimum absolute atomic E-state index is 0.0848. The summed E-state index contributed by atoms with van der Waals surface area (Å²) in [5.41, 5.74) is 5.25. The van der Waals surface area contributed by atoms with Crippen molar-refractivity contribution in [3.05, 3.63) is 95.3 Å². The normalized spacial score (nSPS) is 20.7. The number of anilines is 1. The van der Waals surface area contributed by atoms with Crippen molar-refractivity contribution in [3.8, 4) is 17.2 Å². The van der Waals surface area contributed by atoms with Crippen molar-refractivity contribution in [1.82, 2.24) is 14.8 Å². The number of fused-ring (bicyclic) bond motifs is 1. The Hall–Kier alpha value is -4.28. The molecule has 218 valence electrons. The Labute approximate surface area is 252 Å². The summed E-state index contributed by atoms with van der Waals surface area (Å²) >= 11 is 0. The summed E-state index contributed by atoms with van der Waals surface area (Å²) in [7, 11) is 0. The first-order valence-corrected chi connectivity index (χ1v) is 15.5. The summed E-state index contributed by atoms with van der Waals surface area (Å²) in [4.78, 5) is 26.4. The highest BCUT2D eigenvalue weighted by Crippen LogP contribution is 2.35. The average Bonchev–Trinajstić information content (AvgIpc) is 3.84. The van der Waals surface area contributed by atoms with Crippen molar-refractivity contribution in [2.24, 2.45) is 0 Å². The van der Waals surface area contributed by atoms with Crippen molar-refractivity contribution in [3.63, 3.8) is 0 Å². The molecule has 0 bridgehead atoms. The standard InChI is InChI=1S/C36H36FN5O/c37-30-12-9-27(10-13-30)29-15-19-41(23-29)35-21-33(36(43)42-18-3-4-31(42)24-40-16-1-2-17-40)32-20-28(11-14-34(32)39-35)26-7-5-25(22-38)6-8-26/h5-14,20-21,29,31H,1-4,15-19,23-24H2/t29?,31-/m0/s1. The number of pyridine rings is 1. The van der Waals surface area contributed by atoms with Crippen LogP contribution in [0.2, 0.25) is 0 Å². The van der Waals surface area contributed by atoms with E-state index >= 15 is 0 Å². The number of nitrogens with zero attached hydrogens (tertiary/aromatic N) is 5. The molecule has 1 unspecified atom stereocenters. The van der Waals surface area contributed by atoms with E-state index in [9.17, 15) is 14.4 Å². The fraction of sp³-hybridized carbons (Fsp3) is 0.361. The maximum absolute atomic E-state index is 14.5. The van der Waals surface area contributed by atoms with Gasteiger partial charge in [0.2, 0.25) is 0 Å². The molecule has 0 aliphatic carbocycles. The third-order valence-corrected chi connectivity index (χ3v) is 9.53. The molecule has 3 fully saturated rings. The lowest BCUT2D eigenvalue weighted by atomic mass is 9.98. The van der Waals surface area contributed by atoms with Crippen LogP contribution in [0.4, 0.5) is 10.2 Å². The molecule has 3 aromatic carbocycles. The molecule has 6 nitrogen and oxygen atoms in total. The maximum atomic E-state index is 14.5. The van der Waals surface area contributed by atoms with Gasteiger partial charge in [0.15, 0.2) is 0 Å². The van der Waals surface area contributed by atoms with Crippen LogP contribution >= 0.6 is 0 Å². The quantitative estimate of drug-likeness (QED) is 0.260. The van der Waals surface area contributed by atoms with Crippen molar-refractivity contribution in [2.75, 3.05) is 44.2 Å². The number of likely N-dealkylation sites (tertiary alicyclic amines) is 2. The third kappa shape index (κ3) is 5.60. The van der Waals surface area contributed by atoms with E-state index in [0.717, 1.165) is 91.9 Å². The molecular formula is C36H36FN5O. The van der Waals surface area contributed by atoms with Gasteiger partial charge in [-0.1, -0.05) is 30.3 Å². The average molecular weight is 574 g/mol. The Morgan fingerprint density at radius 1 is 0.884 bits per heavy atom. The fourth-order valence-corrected chi connectivity index (χ4v) is 7.15. The molecule has 4 heterocycles. The van der Waals surface area contributed by atoms with Gasteiger partial charge in [-0.15, -0.1) is 0 Å². The van der Waals surface area contributed by atoms with Crippen LogP contribution in [0.1, 0.15) is 59.5 Å². The number of carbonyl (C=O) groups excluding carboxylic acids is 1. The molecule has 3 saturated heterocycles.